The number of aromatic nitrogens is 2. The Labute approximate surface area is 113 Å². The number of hydrogen-bond donors (Lipinski definition) is 1. The smallest absolute Gasteiger partial charge is 0.357 e. The summed E-state index contributed by atoms with van der Waals surface area (Å²) in [5, 5.41) is 2.47. The third kappa shape index (κ3) is 3.30. The minimum atomic E-state index is -4.58. The maximum Gasteiger partial charge on any atom is 0.433 e. The van der Waals surface area contributed by atoms with Crippen molar-refractivity contribution in [3.05, 3.63) is 11.8 Å². The van der Waals surface area contributed by atoms with E-state index in [0.717, 1.165) is 6.07 Å². The van der Waals surface area contributed by atoms with Gasteiger partial charge in [-0.1, -0.05) is 0 Å². The lowest BCUT2D eigenvalue weighted by Crippen LogP contribution is -2.41. The van der Waals surface area contributed by atoms with Gasteiger partial charge in [0.15, 0.2) is 15.5 Å². The molecule has 0 radical (unpaired) electrons. The highest BCUT2D eigenvalue weighted by Gasteiger charge is 2.34. The van der Waals surface area contributed by atoms with Gasteiger partial charge in [0.1, 0.15) is 5.82 Å². The average Bonchev–Trinajstić information content (AvgIpc) is 2.37. The van der Waals surface area contributed by atoms with Gasteiger partial charge >= 0.3 is 6.18 Å². The zero-order chi connectivity index (χ0) is 15.0. The van der Waals surface area contributed by atoms with Gasteiger partial charge in [-0.05, 0) is 0 Å². The number of alkyl halides is 3. The van der Waals surface area contributed by atoms with Crippen molar-refractivity contribution in [1.29, 1.82) is 0 Å². The molecule has 1 aliphatic heterocycles. The van der Waals surface area contributed by atoms with Crippen LogP contribution in [0, 0.1) is 0 Å². The van der Waals surface area contributed by atoms with E-state index in [0.29, 0.717) is 0 Å². The van der Waals surface area contributed by atoms with Crippen LogP contribution in [-0.4, -0.2) is 50.0 Å². The average molecular weight is 310 g/mol. The Morgan fingerprint density at radius 2 is 1.85 bits per heavy atom. The molecule has 1 N–H and O–H groups in total. The Bertz CT molecular complexity index is 589. The van der Waals surface area contributed by atoms with Crippen molar-refractivity contribution >= 4 is 21.6 Å². The summed E-state index contributed by atoms with van der Waals surface area (Å²) in [6, 6.07) is 0.832. The lowest BCUT2D eigenvalue weighted by molar-refractivity contribution is -0.141. The third-order valence-electron chi connectivity index (χ3n) is 2.90. The molecule has 2 rings (SSSR count). The van der Waals surface area contributed by atoms with E-state index < -0.39 is 21.7 Å². The van der Waals surface area contributed by atoms with Gasteiger partial charge in [-0.3, -0.25) is 0 Å². The first kappa shape index (κ1) is 14.8. The zero-order valence-corrected chi connectivity index (χ0v) is 11.4. The first-order valence-corrected chi connectivity index (χ1v) is 7.63. The molecule has 0 aliphatic carbocycles. The van der Waals surface area contributed by atoms with E-state index in [2.05, 4.69) is 15.3 Å². The van der Waals surface area contributed by atoms with Crippen LogP contribution in [0.1, 0.15) is 5.69 Å². The minimum absolute atomic E-state index is 0.0755. The quantitative estimate of drug-likeness (QED) is 0.870. The van der Waals surface area contributed by atoms with E-state index in [1.165, 1.54) is 11.9 Å². The number of nitrogens with zero attached hydrogens (tertiary/aromatic N) is 3. The molecule has 0 aromatic carbocycles. The number of sulfone groups is 1. The molecular weight excluding hydrogens is 297 g/mol. The second kappa shape index (κ2) is 5.08. The summed E-state index contributed by atoms with van der Waals surface area (Å²) in [7, 11) is -1.68. The maximum atomic E-state index is 12.7. The van der Waals surface area contributed by atoms with Crippen molar-refractivity contribution in [2.45, 2.75) is 6.18 Å². The number of nitrogens with one attached hydrogen (secondary N) is 1. The monoisotopic (exact) mass is 310 g/mol. The molecule has 112 valence electrons. The van der Waals surface area contributed by atoms with E-state index in [4.69, 9.17) is 0 Å². The fourth-order valence-corrected chi connectivity index (χ4v) is 3.00. The largest absolute Gasteiger partial charge is 0.433 e. The lowest BCUT2D eigenvalue weighted by Gasteiger charge is -2.28. The number of hydrogen-bond acceptors (Lipinski definition) is 6. The minimum Gasteiger partial charge on any atom is -0.357 e. The van der Waals surface area contributed by atoms with Crippen molar-refractivity contribution < 1.29 is 21.6 Å². The van der Waals surface area contributed by atoms with Gasteiger partial charge in [0.2, 0.25) is 5.95 Å². The molecule has 1 aromatic heterocycles. The second-order valence-electron chi connectivity index (χ2n) is 4.32. The number of halogens is 3. The van der Waals surface area contributed by atoms with Crippen LogP contribution in [0.2, 0.25) is 0 Å². The molecule has 2 heterocycles. The first-order chi connectivity index (χ1) is 9.21. The van der Waals surface area contributed by atoms with Gasteiger partial charge in [-0.15, -0.1) is 0 Å². The molecule has 0 atom stereocenters. The molecule has 0 bridgehead atoms. The van der Waals surface area contributed by atoms with Crippen LogP contribution in [0.5, 0.6) is 0 Å². The molecular formula is C10H13F3N4O2S. The van der Waals surface area contributed by atoms with E-state index in [1.54, 1.807) is 0 Å². The number of anilines is 2. The normalized spacial score (nSPS) is 18.9. The fraction of sp³-hybridized carbons (Fsp3) is 0.600. The van der Waals surface area contributed by atoms with Gasteiger partial charge in [-0.25, -0.2) is 13.4 Å². The van der Waals surface area contributed by atoms with E-state index in [1.807, 2.05) is 0 Å². The Hall–Kier alpha value is -1.58. The highest BCUT2D eigenvalue weighted by molar-refractivity contribution is 7.91. The fourth-order valence-electron chi connectivity index (χ4n) is 1.79. The third-order valence-corrected chi connectivity index (χ3v) is 4.50. The Kier molecular flexibility index (Phi) is 3.76. The van der Waals surface area contributed by atoms with Crippen molar-refractivity contribution in [2.75, 3.05) is 41.9 Å². The van der Waals surface area contributed by atoms with Crippen LogP contribution in [0.3, 0.4) is 0 Å². The van der Waals surface area contributed by atoms with Crippen molar-refractivity contribution in [2.24, 2.45) is 0 Å². The molecule has 1 saturated heterocycles. The van der Waals surface area contributed by atoms with Gasteiger partial charge in [0.25, 0.3) is 0 Å². The summed E-state index contributed by atoms with van der Waals surface area (Å²) in [5.41, 5.74) is -1.06. The van der Waals surface area contributed by atoms with Gasteiger partial charge < -0.3 is 10.2 Å². The van der Waals surface area contributed by atoms with Gasteiger partial charge in [0.05, 0.1) is 11.5 Å². The van der Waals surface area contributed by atoms with Crippen molar-refractivity contribution in [3.63, 3.8) is 0 Å². The number of rotatable bonds is 2. The van der Waals surface area contributed by atoms with Crippen molar-refractivity contribution in [3.8, 4) is 0 Å². The highest BCUT2D eigenvalue weighted by atomic mass is 32.2. The summed E-state index contributed by atoms with van der Waals surface area (Å²) in [4.78, 5) is 8.81. The Morgan fingerprint density at radius 1 is 1.25 bits per heavy atom. The van der Waals surface area contributed by atoms with E-state index in [-0.39, 0.29) is 36.4 Å². The Morgan fingerprint density at radius 3 is 2.35 bits per heavy atom. The predicted octanol–water partition coefficient (Wildman–Crippen LogP) is 0.772. The summed E-state index contributed by atoms with van der Waals surface area (Å²) in [6.07, 6.45) is -4.58. The summed E-state index contributed by atoms with van der Waals surface area (Å²) < 4.78 is 60.9. The van der Waals surface area contributed by atoms with Crippen LogP contribution in [0.15, 0.2) is 6.07 Å². The molecule has 6 nitrogen and oxygen atoms in total. The van der Waals surface area contributed by atoms with Crippen LogP contribution in [-0.2, 0) is 16.0 Å². The predicted molar refractivity (Wildman–Crippen MR) is 67.4 cm³/mol. The first-order valence-electron chi connectivity index (χ1n) is 5.81. The Balaban J connectivity index is 2.32. The molecule has 1 aliphatic rings. The highest BCUT2D eigenvalue weighted by Crippen LogP contribution is 2.30. The molecule has 1 fully saturated rings. The van der Waals surface area contributed by atoms with Crippen LogP contribution in [0.4, 0.5) is 24.9 Å². The summed E-state index contributed by atoms with van der Waals surface area (Å²) in [6.45, 7) is 0.250. The standard InChI is InChI=1S/C10H13F3N4O2S/c1-14-9-15-7(10(11,12)13)6-8(16-9)17-2-4-20(18,19)5-3-17/h6H,2-5H2,1H3,(H,14,15,16). The maximum absolute atomic E-state index is 12.7. The van der Waals surface area contributed by atoms with Crippen molar-refractivity contribution in [1.82, 2.24) is 9.97 Å². The lowest BCUT2D eigenvalue weighted by atomic mass is 10.3. The second-order valence-corrected chi connectivity index (χ2v) is 6.63. The van der Waals surface area contributed by atoms with Gasteiger partial charge in [-0.2, -0.15) is 18.2 Å². The van der Waals surface area contributed by atoms with Gasteiger partial charge in [0, 0.05) is 26.2 Å². The zero-order valence-electron chi connectivity index (χ0n) is 10.6. The van der Waals surface area contributed by atoms with Crippen LogP contribution >= 0.6 is 0 Å². The molecule has 0 saturated carbocycles. The summed E-state index contributed by atoms with van der Waals surface area (Å²) >= 11 is 0. The van der Waals surface area contributed by atoms with Crippen LogP contribution < -0.4 is 10.2 Å². The molecule has 0 amide bonds. The topological polar surface area (TPSA) is 75.2 Å². The van der Waals surface area contributed by atoms with E-state index in [9.17, 15) is 21.6 Å². The molecule has 20 heavy (non-hydrogen) atoms. The summed E-state index contributed by atoms with van der Waals surface area (Å²) in [5.74, 6) is -0.254. The molecule has 1 aromatic rings. The molecule has 0 unspecified atom stereocenters. The van der Waals surface area contributed by atoms with E-state index >= 15 is 0 Å². The molecule has 10 heteroatoms. The molecule has 0 spiro atoms. The van der Waals surface area contributed by atoms with Crippen LogP contribution in [0.25, 0.3) is 0 Å². The SMILES string of the molecule is CNc1nc(N2CCS(=O)(=O)CC2)cc(C(F)(F)F)n1.